The number of alkyl halides is 17. The van der Waals surface area contributed by atoms with Crippen molar-refractivity contribution < 1.29 is 93.3 Å². The van der Waals surface area contributed by atoms with Gasteiger partial charge in [-0.2, -0.15) is 79.0 Å². The van der Waals surface area contributed by atoms with Crippen LogP contribution in [0.4, 0.5) is 83.4 Å². The van der Waals surface area contributed by atoms with Crippen LogP contribution in [-0.2, 0) is 4.79 Å². The van der Waals surface area contributed by atoms with E-state index in [2.05, 4.69) is 0 Å². The number of carboxylic acids is 1. The van der Waals surface area contributed by atoms with Crippen molar-refractivity contribution >= 4 is 5.97 Å². The average Bonchev–Trinajstić information content (AvgIpc) is 2.49. The van der Waals surface area contributed by atoms with Crippen LogP contribution in [-0.4, -0.2) is 58.7 Å². The summed E-state index contributed by atoms with van der Waals surface area (Å²) in [6.07, 6.45) is -21.2. The zero-order chi connectivity index (χ0) is 26.7. The van der Waals surface area contributed by atoms with Crippen molar-refractivity contribution in [1.82, 2.24) is 0 Å². The molecule has 0 aromatic rings. The maximum Gasteiger partial charge on any atom is 0.438 e. The predicted molar refractivity (Wildman–Crippen MR) is 57.6 cm³/mol. The Hall–Kier alpha value is -2.12. The summed E-state index contributed by atoms with van der Waals surface area (Å²) in [5.41, 5.74) is -13.3. The van der Waals surface area contributed by atoms with Gasteiger partial charge in [0.15, 0.2) is 5.57 Å². The molecule has 1 N–H and O–H groups in total. The highest BCUT2D eigenvalue weighted by atomic mass is 19.4. The predicted octanol–water partition coefficient (Wildman–Crippen LogP) is 6.23. The molecule has 0 saturated heterocycles. The molecule has 32 heavy (non-hydrogen) atoms. The van der Waals surface area contributed by atoms with Gasteiger partial charge in [0, 0.05) is 0 Å². The van der Waals surface area contributed by atoms with E-state index in [0.717, 1.165) is 0 Å². The maximum absolute atomic E-state index is 13.3. The zero-order valence-corrected chi connectivity index (χ0v) is 13.5. The van der Waals surface area contributed by atoms with Gasteiger partial charge in [0.25, 0.3) is 6.08 Å². The lowest BCUT2D eigenvalue weighted by molar-refractivity contribution is -0.464. The summed E-state index contributed by atoms with van der Waals surface area (Å²) < 4.78 is 244. The molecular formula is C11HF19O2. The summed E-state index contributed by atoms with van der Waals surface area (Å²) in [5, 5.41) is 7.92. The van der Waals surface area contributed by atoms with Crippen LogP contribution in [0.5, 0.6) is 0 Å². The van der Waals surface area contributed by atoms with Crippen molar-refractivity contribution in [3.8, 4) is 0 Å². The van der Waals surface area contributed by atoms with Gasteiger partial charge in [0.05, 0.1) is 0 Å². The molecule has 0 spiro atoms. The normalized spacial score (nSPS) is 15.6. The van der Waals surface area contributed by atoms with Gasteiger partial charge in [-0.1, -0.05) is 0 Å². The number of hydrogen-bond acceptors (Lipinski definition) is 1. The number of aliphatic carboxylic acids is 1. The van der Waals surface area contributed by atoms with E-state index in [9.17, 15) is 88.2 Å². The van der Waals surface area contributed by atoms with Crippen molar-refractivity contribution in [2.75, 3.05) is 0 Å². The van der Waals surface area contributed by atoms with E-state index in [0.29, 0.717) is 0 Å². The number of rotatable bonds is 7. The molecule has 0 unspecified atom stereocenters. The van der Waals surface area contributed by atoms with Crippen molar-refractivity contribution in [2.24, 2.45) is 0 Å². The lowest BCUT2D eigenvalue weighted by Crippen LogP contribution is -2.77. The van der Waals surface area contributed by atoms with Crippen LogP contribution in [0.2, 0.25) is 0 Å². The van der Waals surface area contributed by atoms with Crippen LogP contribution in [0.1, 0.15) is 0 Å². The summed E-state index contributed by atoms with van der Waals surface area (Å²) in [7, 11) is 0. The fraction of sp³-hybridized carbons (Fsp3) is 0.727. The van der Waals surface area contributed by atoms with Crippen molar-refractivity contribution in [1.29, 1.82) is 0 Å². The quantitative estimate of drug-likeness (QED) is 0.316. The first kappa shape index (κ1) is 29.9. The standard InChI is InChI=1S/C11HF19O2/c12-2(13)1(3(31)32)4(14,15)6(17,18)8(21,22)9(23,24)7(19,20)5(16,10(25,26)27)11(28,29)30/h(H,31,32). The number of carboxylic acid groups (broad SMARTS) is 1. The molecule has 0 aliphatic rings. The van der Waals surface area contributed by atoms with Gasteiger partial charge >= 0.3 is 53.6 Å². The van der Waals surface area contributed by atoms with Crippen LogP contribution in [0.3, 0.4) is 0 Å². The Kier molecular flexibility index (Phi) is 6.96. The zero-order valence-electron chi connectivity index (χ0n) is 13.5. The van der Waals surface area contributed by atoms with Crippen LogP contribution in [0, 0.1) is 0 Å². The highest BCUT2D eigenvalue weighted by Gasteiger charge is 2.97. The molecule has 0 heterocycles. The lowest BCUT2D eigenvalue weighted by atomic mass is 9.83. The first-order valence-electron chi connectivity index (χ1n) is 6.52. The van der Waals surface area contributed by atoms with E-state index in [-0.39, 0.29) is 0 Å². The Labute approximate surface area is 160 Å². The second-order valence-electron chi connectivity index (χ2n) is 5.47. The van der Waals surface area contributed by atoms with Crippen molar-refractivity contribution in [2.45, 2.75) is 47.6 Å². The Morgan fingerprint density at radius 3 is 1.00 bits per heavy atom. The minimum absolute atomic E-state index is 3.98. The molecule has 0 saturated carbocycles. The van der Waals surface area contributed by atoms with E-state index in [1.807, 2.05) is 0 Å². The van der Waals surface area contributed by atoms with Gasteiger partial charge in [0.1, 0.15) is 0 Å². The molecule has 0 aliphatic heterocycles. The fourth-order valence-electron chi connectivity index (χ4n) is 1.82. The molecule has 0 fully saturated rings. The Balaban J connectivity index is 7.25. The third-order valence-corrected chi connectivity index (χ3v) is 3.51. The Morgan fingerprint density at radius 2 is 0.781 bits per heavy atom. The molecule has 0 radical (unpaired) electrons. The highest BCUT2D eigenvalue weighted by molar-refractivity contribution is 5.89. The fourth-order valence-corrected chi connectivity index (χ4v) is 1.82. The molecule has 0 aromatic carbocycles. The largest absolute Gasteiger partial charge is 0.478 e. The number of halogens is 19. The third kappa shape index (κ3) is 3.59. The van der Waals surface area contributed by atoms with Crippen molar-refractivity contribution in [3.63, 3.8) is 0 Å². The van der Waals surface area contributed by atoms with E-state index in [4.69, 9.17) is 5.11 Å². The first-order chi connectivity index (χ1) is 13.5. The van der Waals surface area contributed by atoms with Gasteiger partial charge in [-0.15, -0.1) is 0 Å². The summed E-state index contributed by atoms with van der Waals surface area (Å²) in [5.74, 6) is -47.5. The van der Waals surface area contributed by atoms with E-state index >= 15 is 0 Å². The van der Waals surface area contributed by atoms with Gasteiger partial charge in [-0.25, -0.2) is 9.18 Å². The SMILES string of the molecule is O=C(O)C(=C(F)F)C(F)(F)C(F)(F)C(F)(F)C(F)(F)C(F)(F)C(F)(C(F)(F)F)C(F)(F)F. The van der Waals surface area contributed by atoms with E-state index < -0.39 is 65.3 Å². The van der Waals surface area contributed by atoms with Gasteiger partial charge in [-0.05, 0) is 0 Å². The molecule has 0 atom stereocenters. The minimum Gasteiger partial charge on any atom is -0.478 e. The molecule has 2 nitrogen and oxygen atoms in total. The summed E-state index contributed by atoms with van der Waals surface area (Å²) in [6, 6.07) is 0. The average molecular weight is 526 g/mol. The molecule has 21 heteroatoms. The van der Waals surface area contributed by atoms with Gasteiger partial charge < -0.3 is 5.11 Å². The monoisotopic (exact) mass is 526 g/mol. The van der Waals surface area contributed by atoms with Gasteiger partial charge in [0.2, 0.25) is 0 Å². The Bertz CT molecular complexity index is 751. The van der Waals surface area contributed by atoms with Gasteiger partial charge in [-0.3, -0.25) is 0 Å². The van der Waals surface area contributed by atoms with Crippen LogP contribution in [0.15, 0.2) is 11.7 Å². The molecule has 0 bridgehead atoms. The number of carbonyl (C=O) groups is 1. The second-order valence-corrected chi connectivity index (χ2v) is 5.47. The first-order valence-corrected chi connectivity index (χ1v) is 6.52. The maximum atomic E-state index is 13.3. The van der Waals surface area contributed by atoms with E-state index in [1.54, 1.807) is 0 Å². The van der Waals surface area contributed by atoms with Crippen LogP contribution in [0.25, 0.3) is 0 Å². The van der Waals surface area contributed by atoms with Crippen molar-refractivity contribution in [3.05, 3.63) is 11.7 Å². The highest BCUT2D eigenvalue weighted by Crippen LogP contribution is 2.65. The molecule has 0 aliphatic carbocycles. The van der Waals surface area contributed by atoms with Crippen LogP contribution >= 0.6 is 0 Å². The smallest absolute Gasteiger partial charge is 0.438 e. The topological polar surface area (TPSA) is 37.3 Å². The molecule has 0 rings (SSSR count). The second kappa shape index (κ2) is 7.45. The lowest BCUT2D eigenvalue weighted by Gasteiger charge is -2.44. The molecular weight excluding hydrogens is 525 g/mol. The van der Waals surface area contributed by atoms with E-state index in [1.165, 1.54) is 0 Å². The molecule has 190 valence electrons. The third-order valence-electron chi connectivity index (χ3n) is 3.51. The Morgan fingerprint density at radius 1 is 0.500 bits per heavy atom. The summed E-state index contributed by atoms with van der Waals surface area (Å²) >= 11 is 0. The summed E-state index contributed by atoms with van der Waals surface area (Å²) in [6.45, 7) is 0. The summed E-state index contributed by atoms with van der Waals surface area (Å²) in [4.78, 5) is 10.1. The minimum atomic E-state index is -9.08. The molecule has 0 aromatic heterocycles. The van der Waals surface area contributed by atoms with Crippen LogP contribution < -0.4 is 0 Å². The number of hydrogen-bond donors (Lipinski definition) is 1. The molecule has 0 amide bonds.